The third-order valence-electron chi connectivity index (χ3n) is 3.20. The van der Waals surface area contributed by atoms with Gasteiger partial charge in [-0.05, 0) is 36.9 Å². The van der Waals surface area contributed by atoms with Crippen molar-refractivity contribution in [3.05, 3.63) is 42.0 Å². The molecule has 0 saturated carbocycles. The first-order valence-electron chi connectivity index (χ1n) is 7.22. The number of aromatic nitrogens is 1. The Bertz CT molecular complexity index is 625. The van der Waals surface area contributed by atoms with Gasteiger partial charge in [0.1, 0.15) is 12.1 Å². The summed E-state index contributed by atoms with van der Waals surface area (Å²) < 4.78 is 18.2. The third kappa shape index (κ3) is 5.37. The first-order valence-corrected chi connectivity index (χ1v) is 8.61. The molecule has 1 amide bonds. The molecule has 2 N–H and O–H groups in total. The molecule has 1 aromatic carbocycles. The van der Waals surface area contributed by atoms with Gasteiger partial charge in [-0.15, -0.1) is 0 Å². The Morgan fingerprint density at radius 1 is 1.43 bits per heavy atom. The topological polar surface area (TPSA) is 75.4 Å². The van der Waals surface area contributed by atoms with Gasteiger partial charge in [0.05, 0.1) is 12.1 Å². The van der Waals surface area contributed by atoms with Crippen LogP contribution in [0, 0.1) is 5.82 Å². The van der Waals surface area contributed by atoms with Crippen LogP contribution in [-0.2, 0) is 11.2 Å². The second-order valence-corrected chi connectivity index (χ2v) is 5.97. The Morgan fingerprint density at radius 3 is 2.83 bits per heavy atom. The van der Waals surface area contributed by atoms with Gasteiger partial charge in [-0.25, -0.2) is 9.37 Å². The van der Waals surface area contributed by atoms with Crippen LogP contribution in [-0.4, -0.2) is 40.7 Å². The molecular weight excluding hydrogens is 319 g/mol. The summed E-state index contributed by atoms with van der Waals surface area (Å²) in [5.74, 6) is 0.593. The lowest BCUT2D eigenvalue weighted by atomic mass is 10.2. The van der Waals surface area contributed by atoms with Gasteiger partial charge in [0, 0.05) is 24.0 Å². The maximum atomic E-state index is 12.9. The zero-order valence-corrected chi connectivity index (χ0v) is 13.6. The minimum absolute atomic E-state index is 0.0319. The molecule has 5 nitrogen and oxygen atoms in total. The van der Waals surface area contributed by atoms with Crippen molar-refractivity contribution >= 4 is 17.7 Å². The van der Waals surface area contributed by atoms with Crippen molar-refractivity contribution in [3.63, 3.8) is 0 Å². The molecule has 0 spiro atoms. The number of hydrogen-bond acceptors (Lipinski definition) is 5. The first kappa shape index (κ1) is 17.5. The molecule has 2 aromatic rings. The number of carbonyl (C=O) groups is 1. The van der Waals surface area contributed by atoms with Crippen LogP contribution >= 0.6 is 11.8 Å². The van der Waals surface area contributed by atoms with Crippen molar-refractivity contribution in [2.45, 2.75) is 18.9 Å². The van der Waals surface area contributed by atoms with Crippen molar-refractivity contribution in [1.82, 2.24) is 10.3 Å². The van der Waals surface area contributed by atoms with Gasteiger partial charge in [-0.3, -0.25) is 4.79 Å². The van der Waals surface area contributed by atoms with E-state index in [1.807, 2.05) is 6.26 Å². The van der Waals surface area contributed by atoms with Gasteiger partial charge in [0.2, 0.25) is 11.8 Å². The van der Waals surface area contributed by atoms with E-state index in [0.717, 1.165) is 5.75 Å². The summed E-state index contributed by atoms with van der Waals surface area (Å²) >= 11 is 1.61. The van der Waals surface area contributed by atoms with Crippen LogP contribution in [0.3, 0.4) is 0 Å². The Kier molecular flexibility index (Phi) is 6.61. The zero-order chi connectivity index (χ0) is 16.7. The van der Waals surface area contributed by atoms with Crippen LogP contribution in [0.25, 0.3) is 11.5 Å². The lowest BCUT2D eigenvalue weighted by Gasteiger charge is -2.16. The smallest absolute Gasteiger partial charge is 0.226 e. The summed E-state index contributed by atoms with van der Waals surface area (Å²) in [5, 5.41) is 11.9. The van der Waals surface area contributed by atoms with Crippen molar-refractivity contribution in [3.8, 4) is 11.5 Å². The van der Waals surface area contributed by atoms with E-state index in [9.17, 15) is 9.18 Å². The molecule has 1 aromatic heterocycles. The standard InChI is InChI=1S/C16H19FN2O3S/c1-23-10-13(6-7-20)18-15(21)8-14-9-22-16(19-14)11-2-4-12(17)5-3-11/h2-5,9,13,20H,6-8,10H2,1H3,(H,18,21). The maximum Gasteiger partial charge on any atom is 0.226 e. The minimum Gasteiger partial charge on any atom is -0.444 e. The lowest BCUT2D eigenvalue weighted by molar-refractivity contribution is -0.121. The monoisotopic (exact) mass is 338 g/mol. The number of aliphatic hydroxyl groups is 1. The summed E-state index contributed by atoms with van der Waals surface area (Å²) in [6, 6.07) is 5.73. The molecule has 124 valence electrons. The van der Waals surface area contributed by atoms with Crippen LogP contribution in [0.5, 0.6) is 0 Å². The number of aliphatic hydroxyl groups excluding tert-OH is 1. The summed E-state index contributed by atoms with van der Waals surface area (Å²) in [6.07, 6.45) is 3.99. The fourth-order valence-corrected chi connectivity index (χ4v) is 2.76. The average Bonchev–Trinajstić information content (AvgIpc) is 2.96. The number of carbonyl (C=O) groups excluding carboxylic acids is 1. The van der Waals surface area contributed by atoms with Crippen LogP contribution in [0.1, 0.15) is 12.1 Å². The molecule has 0 aliphatic rings. The normalized spacial score (nSPS) is 12.1. The highest BCUT2D eigenvalue weighted by molar-refractivity contribution is 7.98. The molecule has 2 rings (SSSR count). The van der Waals surface area contributed by atoms with E-state index in [0.29, 0.717) is 23.6 Å². The van der Waals surface area contributed by atoms with E-state index in [4.69, 9.17) is 9.52 Å². The van der Waals surface area contributed by atoms with Crippen molar-refractivity contribution < 1.29 is 18.7 Å². The van der Waals surface area contributed by atoms with Gasteiger partial charge >= 0.3 is 0 Å². The minimum atomic E-state index is -0.330. The Balaban J connectivity index is 1.95. The largest absolute Gasteiger partial charge is 0.444 e. The van der Waals surface area contributed by atoms with E-state index >= 15 is 0 Å². The second kappa shape index (κ2) is 8.69. The number of nitrogens with zero attached hydrogens (tertiary/aromatic N) is 1. The molecule has 0 aliphatic heterocycles. The van der Waals surface area contributed by atoms with Crippen molar-refractivity contribution in [2.75, 3.05) is 18.6 Å². The van der Waals surface area contributed by atoms with E-state index in [1.165, 1.54) is 18.4 Å². The molecular formula is C16H19FN2O3S. The van der Waals surface area contributed by atoms with E-state index < -0.39 is 0 Å². The molecule has 23 heavy (non-hydrogen) atoms. The van der Waals surface area contributed by atoms with Gasteiger partial charge in [0.25, 0.3) is 0 Å². The van der Waals surface area contributed by atoms with Gasteiger partial charge in [-0.2, -0.15) is 11.8 Å². The van der Waals surface area contributed by atoms with E-state index in [2.05, 4.69) is 10.3 Å². The predicted octanol–water partition coefficient (Wildman–Crippen LogP) is 2.25. The van der Waals surface area contributed by atoms with Crippen LogP contribution in [0.4, 0.5) is 4.39 Å². The quantitative estimate of drug-likeness (QED) is 0.772. The van der Waals surface area contributed by atoms with Crippen molar-refractivity contribution in [2.24, 2.45) is 0 Å². The number of hydrogen-bond donors (Lipinski definition) is 2. The SMILES string of the molecule is CSCC(CCO)NC(=O)Cc1coc(-c2ccc(F)cc2)n1. The number of rotatable bonds is 8. The Hall–Kier alpha value is -1.86. The zero-order valence-electron chi connectivity index (χ0n) is 12.8. The number of oxazole rings is 1. The van der Waals surface area contributed by atoms with E-state index in [-0.39, 0.29) is 30.8 Å². The Labute approximate surface area is 138 Å². The summed E-state index contributed by atoms with van der Waals surface area (Å²) in [6.45, 7) is 0.0319. The van der Waals surface area contributed by atoms with Gasteiger partial charge in [0.15, 0.2) is 0 Å². The first-order chi connectivity index (χ1) is 11.1. The summed E-state index contributed by atoms with van der Waals surface area (Å²) in [4.78, 5) is 16.3. The summed E-state index contributed by atoms with van der Waals surface area (Å²) in [5.41, 5.74) is 1.16. The Morgan fingerprint density at radius 2 is 2.17 bits per heavy atom. The van der Waals surface area contributed by atoms with Crippen LogP contribution in [0.2, 0.25) is 0 Å². The number of halogens is 1. The molecule has 1 atom stereocenters. The maximum absolute atomic E-state index is 12.9. The summed E-state index contributed by atoms with van der Waals surface area (Å²) in [7, 11) is 0. The number of benzene rings is 1. The molecule has 0 saturated heterocycles. The molecule has 0 fully saturated rings. The number of amides is 1. The number of nitrogens with one attached hydrogen (secondary N) is 1. The van der Waals surface area contributed by atoms with Crippen LogP contribution < -0.4 is 5.32 Å². The van der Waals surface area contributed by atoms with E-state index in [1.54, 1.807) is 23.9 Å². The molecule has 7 heteroatoms. The lowest BCUT2D eigenvalue weighted by Crippen LogP contribution is -2.38. The highest BCUT2D eigenvalue weighted by Gasteiger charge is 2.14. The third-order valence-corrected chi connectivity index (χ3v) is 3.93. The molecule has 0 bridgehead atoms. The molecule has 0 radical (unpaired) electrons. The fourth-order valence-electron chi connectivity index (χ4n) is 2.11. The predicted molar refractivity (Wildman–Crippen MR) is 87.6 cm³/mol. The molecule has 1 unspecified atom stereocenters. The number of thioether (sulfide) groups is 1. The second-order valence-electron chi connectivity index (χ2n) is 5.06. The molecule has 0 aliphatic carbocycles. The highest BCUT2D eigenvalue weighted by atomic mass is 32.2. The highest BCUT2D eigenvalue weighted by Crippen LogP contribution is 2.19. The van der Waals surface area contributed by atoms with Crippen LogP contribution in [0.15, 0.2) is 34.9 Å². The van der Waals surface area contributed by atoms with Crippen molar-refractivity contribution in [1.29, 1.82) is 0 Å². The van der Waals surface area contributed by atoms with Gasteiger partial charge < -0.3 is 14.8 Å². The fraction of sp³-hybridized carbons (Fsp3) is 0.375. The molecule has 1 heterocycles. The average molecular weight is 338 g/mol. The van der Waals surface area contributed by atoms with Gasteiger partial charge in [-0.1, -0.05) is 0 Å².